The average molecular weight is 349 g/mol. The minimum Gasteiger partial charge on any atom is -0.495 e. The number of nitriles is 1. The fourth-order valence-electron chi connectivity index (χ4n) is 1.73. The van der Waals surface area contributed by atoms with Crippen molar-refractivity contribution >= 4 is 33.4 Å². The van der Waals surface area contributed by atoms with Crippen LogP contribution in [0.5, 0.6) is 5.75 Å². The number of benzene rings is 2. The fraction of sp³-hybridized carbons (Fsp3) is 0.133. The van der Waals surface area contributed by atoms with Gasteiger partial charge < -0.3 is 10.5 Å². The summed E-state index contributed by atoms with van der Waals surface area (Å²) < 4.78 is 6.18. The topological polar surface area (TPSA) is 59.0 Å². The molecular formula is C15H13BrN2OS. The Morgan fingerprint density at radius 3 is 2.75 bits per heavy atom. The predicted molar refractivity (Wildman–Crippen MR) is 85.8 cm³/mol. The molecule has 5 heteroatoms. The molecular weight excluding hydrogens is 336 g/mol. The van der Waals surface area contributed by atoms with E-state index >= 15 is 0 Å². The molecule has 0 fully saturated rings. The minimum absolute atomic E-state index is 0.546. The standard InChI is InChI=1S/C15H13BrN2OS/c1-19-14-6-10(2-3-11(14)8-17)9-20-15-5-4-12(16)7-13(15)18/h2-7H,9,18H2,1H3. The number of anilines is 1. The summed E-state index contributed by atoms with van der Waals surface area (Å²) in [5, 5.41) is 8.95. The molecule has 2 rings (SSSR count). The first-order valence-corrected chi connectivity index (χ1v) is 7.66. The van der Waals surface area contributed by atoms with E-state index in [1.807, 2.05) is 30.3 Å². The summed E-state index contributed by atoms with van der Waals surface area (Å²) in [5.74, 6) is 1.38. The van der Waals surface area contributed by atoms with Crippen LogP contribution in [0.4, 0.5) is 5.69 Å². The molecule has 0 saturated heterocycles. The summed E-state index contributed by atoms with van der Waals surface area (Å²) in [4.78, 5) is 1.04. The summed E-state index contributed by atoms with van der Waals surface area (Å²) in [6.07, 6.45) is 0. The molecule has 2 aromatic rings. The highest BCUT2D eigenvalue weighted by molar-refractivity contribution is 9.10. The maximum Gasteiger partial charge on any atom is 0.136 e. The Morgan fingerprint density at radius 2 is 2.10 bits per heavy atom. The van der Waals surface area contributed by atoms with Gasteiger partial charge in [0, 0.05) is 20.8 Å². The molecule has 2 aromatic carbocycles. The third-order valence-corrected chi connectivity index (χ3v) is 4.41. The van der Waals surface area contributed by atoms with E-state index in [-0.39, 0.29) is 0 Å². The van der Waals surface area contributed by atoms with Crippen molar-refractivity contribution in [2.75, 3.05) is 12.8 Å². The van der Waals surface area contributed by atoms with Crippen LogP contribution in [-0.4, -0.2) is 7.11 Å². The highest BCUT2D eigenvalue weighted by Crippen LogP contribution is 2.31. The van der Waals surface area contributed by atoms with Gasteiger partial charge in [-0.2, -0.15) is 5.26 Å². The number of thioether (sulfide) groups is 1. The van der Waals surface area contributed by atoms with Gasteiger partial charge in [-0.25, -0.2) is 0 Å². The molecule has 0 atom stereocenters. The van der Waals surface area contributed by atoms with Crippen LogP contribution < -0.4 is 10.5 Å². The summed E-state index contributed by atoms with van der Waals surface area (Å²) in [5.41, 5.74) is 8.36. The van der Waals surface area contributed by atoms with Gasteiger partial charge in [0.1, 0.15) is 11.8 Å². The normalized spacial score (nSPS) is 10.1. The van der Waals surface area contributed by atoms with E-state index in [0.29, 0.717) is 11.3 Å². The van der Waals surface area contributed by atoms with E-state index in [9.17, 15) is 0 Å². The number of rotatable bonds is 4. The van der Waals surface area contributed by atoms with Crippen molar-refractivity contribution in [3.05, 3.63) is 52.0 Å². The molecule has 0 saturated carbocycles. The largest absolute Gasteiger partial charge is 0.495 e. The number of nitrogens with two attached hydrogens (primary N) is 1. The van der Waals surface area contributed by atoms with Crippen molar-refractivity contribution in [3.63, 3.8) is 0 Å². The van der Waals surface area contributed by atoms with Crippen LogP contribution >= 0.6 is 27.7 Å². The van der Waals surface area contributed by atoms with Gasteiger partial charge in [0.15, 0.2) is 0 Å². The quantitative estimate of drug-likeness (QED) is 0.664. The molecule has 0 amide bonds. The lowest BCUT2D eigenvalue weighted by molar-refractivity contribution is 0.413. The summed E-state index contributed by atoms with van der Waals surface area (Å²) >= 11 is 5.05. The molecule has 0 radical (unpaired) electrons. The number of nitrogen functional groups attached to an aromatic ring is 1. The van der Waals surface area contributed by atoms with Gasteiger partial charge in [-0.3, -0.25) is 0 Å². The molecule has 0 aliphatic carbocycles. The lowest BCUT2D eigenvalue weighted by atomic mass is 10.1. The Balaban J connectivity index is 2.13. The molecule has 0 aliphatic heterocycles. The zero-order chi connectivity index (χ0) is 14.5. The third-order valence-electron chi connectivity index (χ3n) is 2.75. The van der Waals surface area contributed by atoms with Crippen molar-refractivity contribution in [2.24, 2.45) is 0 Å². The van der Waals surface area contributed by atoms with E-state index < -0.39 is 0 Å². The minimum atomic E-state index is 0.546. The molecule has 0 aromatic heterocycles. The van der Waals surface area contributed by atoms with E-state index in [0.717, 1.165) is 26.4 Å². The average Bonchev–Trinajstić information content (AvgIpc) is 2.46. The van der Waals surface area contributed by atoms with Crippen LogP contribution in [-0.2, 0) is 5.75 Å². The van der Waals surface area contributed by atoms with Gasteiger partial charge in [-0.05, 0) is 35.9 Å². The first-order chi connectivity index (χ1) is 9.63. The van der Waals surface area contributed by atoms with Crippen LogP contribution in [0.2, 0.25) is 0 Å². The Morgan fingerprint density at radius 1 is 1.30 bits per heavy atom. The van der Waals surface area contributed by atoms with Gasteiger partial charge in [0.25, 0.3) is 0 Å². The van der Waals surface area contributed by atoms with Crippen molar-refractivity contribution in [1.82, 2.24) is 0 Å². The number of methoxy groups -OCH3 is 1. The lowest BCUT2D eigenvalue weighted by Gasteiger charge is -2.08. The second kappa shape index (κ2) is 6.69. The molecule has 0 aliphatic rings. The van der Waals surface area contributed by atoms with Gasteiger partial charge in [-0.15, -0.1) is 11.8 Å². The van der Waals surface area contributed by atoms with Crippen molar-refractivity contribution in [2.45, 2.75) is 10.6 Å². The molecule has 3 nitrogen and oxygen atoms in total. The number of hydrogen-bond donors (Lipinski definition) is 1. The van der Waals surface area contributed by atoms with Crippen LogP contribution in [0.1, 0.15) is 11.1 Å². The molecule has 0 heterocycles. The van der Waals surface area contributed by atoms with Crippen molar-refractivity contribution < 1.29 is 4.74 Å². The van der Waals surface area contributed by atoms with Crippen molar-refractivity contribution in [1.29, 1.82) is 5.26 Å². The number of halogens is 1. The zero-order valence-electron chi connectivity index (χ0n) is 10.9. The second-order valence-electron chi connectivity index (χ2n) is 4.12. The first kappa shape index (κ1) is 14.8. The van der Waals surface area contributed by atoms with E-state index in [2.05, 4.69) is 22.0 Å². The molecule has 0 unspecified atom stereocenters. The number of ether oxygens (including phenoxy) is 1. The zero-order valence-corrected chi connectivity index (χ0v) is 13.3. The van der Waals surface area contributed by atoms with Gasteiger partial charge >= 0.3 is 0 Å². The molecule has 0 spiro atoms. The summed E-state index contributed by atoms with van der Waals surface area (Å²) in [6, 6.07) is 13.6. The van der Waals surface area contributed by atoms with Crippen molar-refractivity contribution in [3.8, 4) is 11.8 Å². The van der Waals surface area contributed by atoms with Crippen LogP contribution in [0.15, 0.2) is 45.8 Å². The van der Waals surface area contributed by atoms with Gasteiger partial charge in [0.05, 0.1) is 12.7 Å². The maximum atomic E-state index is 8.95. The number of nitrogens with zero attached hydrogens (tertiary/aromatic N) is 1. The molecule has 20 heavy (non-hydrogen) atoms. The SMILES string of the molecule is COc1cc(CSc2ccc(Br)cc2N)ccc1C#N. The lowest BCUT2D eigenvalue weighted by Crippen LogP contribution is -1.91. The Labute approximate surface area is 130 Å². The fourth-order valence-corrected chi connectivity index (χ4v) is 3.00. The molecule has 0 bridgehead atoms. The van der Waals surface area contributed by atoms with Gasteiger partial charge in [-0.1, -0.05) is 22.0 Å². The Hall–Kier alpha value is -1.64. The maximum absolute atomic E-state index is 8.95. The van der Waals surface area contributed by atoms with E-state index in [1.165, 1.54) is 0 Å². The highest BCUT2D eigenvalue weighted by Gasteiger charge is 2.06. The van der Waals surface area contributed by atoms with Crippen LogP contribution in [0, 0.1) is 11.3 Å². The highest BCUT2D eigenvalue weighted by atomic mass is 79.9. The first-order valence-electron chi connectivity index (χ1n) is 5.89. The van der Waals surface area contributed by atoms with Gasteiger partial charge in [0.2, 0.25) is 0 Å². The molecule has 2 N–H and O–H groups in total. The second-order valence-corrected chi connectivity index (χ2v) is 6.05. The Bertz CT molecular complexity index is 667. The number of hydrogen-bond acceptors (Lipinski definition) is 4. The smallest absolute Gasteiger partial charge is 0.136 e. The summed E-state index contributed by atoms with van der Waals surface area (Å²) in [6.45, 7) is 0. The monoisotopic (exact) mass is 348 g/mol. The summed E-state index contributed by atoms with van der Waals surface area (Å²) in [7, 11) is 1.57. The van der Waals surface area contributed by atoms with Crippen LogP contribution in [0.3, 0.4) is 0 Å². The third kappa shape index (κ3) is 3.47. The van der Waals surface area contributed by atoms with E-state index in [1.54, 1.807) is 24.9 Å². The van der Waals surface area contributed by atoms with Crippen LogP contribution in [0.25, 0.3) is 0 Å². The van der Waals surface area contributed by atoms with E-state index in [4.69, 9.17) is 15.7 Å². The molecule has 102 valence electrons. The predicted octanol–water partition coefficient (Wildman–Crippen LogP) is 4.20. The Kier molecular flexibility index (Phi) is 4.94.